The lowest BCUT2D eigenvalue weighted by molar-refractivity contribution is 0.652. The van der Waals surface area contributed by atoms with E-state index in [1.54, 1.807) is 11.3 Å². The molecule has 0 bridgehead atoms. The molecule has 0 radical (unpaired) electrons. The van der Waals surface area contributed by atoms with E-state index in [0.717, 1.165) is 12.1 Å². The topological polar surface area (TPSA) is 24.1 Å². The summed E-state index contributed by atoms with van der Waals surface area (Å²) in [4.78, 5) is 1.25. The third-order valence-electron chi connectivity index (χ3n) is 5.60. The summed E-state index contributed by atoms with van der Waals surface area (Å²) in [7, 11) is 2.00. The Balaban J connectivity index is 1.96. The fourth-order valence-corrected chi connectivity index (χ4v) is 4.83. The number of fused-ring (bicyclic) bond motifs is 3. The standard InChI is InChI=1S/C24H26N2S/c1-6-17-13-14(2)21(19-9-7-18(8-10-19)15(3)25-5)22-20-11-12-27-24(20)16(4)26-23(17)22/h7-13,15,25-26H,4,6H2,1-3,5H3/t15-/m1/s1. The molecule has 0 fully saturated rings. The average molecular weight is 375 g/mol. The van der Waals surface area contributed by atoms with Gasteiger partial charge >= 0.3 is 0 Å². The number of rotatable bonds is 4. The molecule has 2 N–H and O–H groups in total. The van der Waals surface area contributed by atoms with E-state index in [9.17, 15) is 0 Å². The summed E-state index contributed by atoms with van der Waals surface area (Å²) in [6, 6.07) is 13.9. The first-order chi connectivity index (χ1) is 13.0. The predicted octanol–water partition coefficient (Wildman–Crippen LogP) is 6.63. The van der Waals surface area contributed by atoms with Gasteiger partial charge in [0.25, 0.3) is 0 Å². The smallest absolute Gasteiger partial charge is 0.0578 e. The molecule has 0 unspecified atom stereocenters. The maximum Gasteiger partial charge on any atom is 0.0578 e. The molecule has 0 saturated carbocycles. The Morgan fingerprint density at radius 1 is 1.15 bits per heavy atom. The Morgan fingerprint density at radius 2 is 1.89 bits per heavy atom. The van der Waals surface area contributed by atoms with E-state index >= 15 is 0 Å². The Hall–Kier alpha value is -2.36. The van der Waals surface area contributed by atoms with Crippen LogP contribution in [0.25, 0.3) is 28.0 Å². The van der Waals surface area contributed by atoms with E-state index in [1.165, 1.54) is 49.5 Å². The van der Waals surface area contributed by atoms with Gasteiger partial charge in [-0.05, 0) is 66.6 Å². The summed E-state index contributed by atoms with van der Waals surface area (Å²) in [5.74, 6) is 0. The molecule has 1 atom stereocenters. The van der Waals surface area contributed by atoms with E-state index in [2.05, 4.69) is 79.8 Å². The molecule has 1 aromatic heterocycles. The van der Waals surface area contributed by atoms with Gasteiger partial charge in [-0.3, -0.25) is 0 Å². The van der Waals surface area contributed by atoms with Crippen LogP contribution in [-0.2, 0) is 6.42 Å². The second-order valence-electron chi connectivity index (χ2n) is 7.23. The van der Waals surface area contributed by atoms with Crippen LogP contribution in [0.15, 0.2) is 48.4 Å². The van der Waals surface area contributed by atoms with Crippen LogP contribution in [0.1, 0.15) is 41.5 Å². The first-order valence-corrected chi connectivity index (χ1v) is 10.4. The summed E-state index contributed by atoms with van der Waals surface area (Å²) >= 11 is 1.76. The van der Waals surface area contributed by atoms with E-state index in [4.69, 9.17) is 0 Å². The van der Waals surface area contributed by atoms with Crippen LogP contribution in [0.5, 0.6) is 0 Å². The summed E-state index contributed by atoms with van der Waals surface area (Å²) in [6.07, 6.45) is 1.00. The first-order valence-electron chi connectivity index (χ1n) is 9.53. The number of thiophene rings is 1. The molecule has 2 heterocycles. The number of hydrogen-bond acceptors (Lipinski definition) is 3. The quantitative estimate of drug-likeness (QED) is 0.535. The Kier molecular flexibility index (Phi) is 4.67. The van der Waals surface area contributed by atoms with Crippen molar-refractivity contribution in [2.75, 3.05) is 12.4 Å². The molecular weight excluding hydrogens is 348 g/mol. The Labute approximate surface area is 166 Å². The first kappa shape index (κ1) is 18.0. The molecule has 0 saturated heterocycles. The molecule has 27 heavy (non-hydrogen) atoms. The number of benzene rings is 2. The second-order valence-corrected chi connectivity index (χ2v) is 8.15. The van der Waals surface area contributed by atoms with Crippen LogP contribution in [-0.4, -0.2) is 7.05 Å². The number of anilines is 1. The van der Waals surface area contributed by atoms with Gasteiger partial charge in [-0.25, -0.2) is 0 Å². The summed E-state index contributed by atoms with van der Waals surface area (Å²) in [6.45, 7) is 10.9. The zero-order chi connectivity index (χ0) is 19.1. The van der Waals surface area contributed by atoms with Crippen LogP contribution in [0.4, 0.5) is 5.69 Å². The molecule has 3 aromatic rings. The fraction of sp³-hybridized carbons (Fsp3) is 0.250. The minimum absolute atomic E-state index is 0.352. The molecule has 3 heteroatoms. The highest BCUT2D eigenvalue weighted by molar-refractivity contribution is 7.11. The maximum atomic E-state index is 4.26. The zero-order valence-corrected chi connectivity index (χ0v) is 17.3. The van der Waals surface area contributed by atoms with Crippen molar-refractivity contribution < 1.29 is 0 Å². The van der Waals surface area contributed by atoms with E-state index < -0.39 is 0 Å². The van der Waals surface area contributed by atoms with Crippen LogP contribution >= 0.6 is 11.3 Å². The minimum Gasteiger partial charge on any atom is -0.354 e. The van der Waals surface area contributed by atoms with Crippen LogP contribution in [0.2, 0.25) is 0 Å². The number of nitrogens with one attached hydrogen (secondary N) is 2. The molecule has 1 aliphatic rings. The molecule has 4 rings (SSSR count). The predicted molar refractivity (Wildman–Crippen MR) is 119 cm³/mol. The third-order valence-corrected chi connectivity index (χ3v) is 6.58. The van der Waals surface area contributed by atoms with Crippen molar-refractivity contribution in [2.45, 2.75) is 33.2 Å². The van der Waals surface area contributed by atoms with Crippen LogP contribution < -0.4 is 10.6 Å². The Bertz CT molecular complexity index is 1010. The molecular formula is C24H26N2S. The summed E-state index contributed by atoms with van der Waals surface area (Å²) < 4.78 is 0. The van der Waals surface area contributed by atoms with Gasteiger partial charge in [-0.2, -0.15) is 0 Å². The minimum atomic E-state index is 0.352. The van der Waals surface area contributed by atoms with Crippen molar-refractivity contribution in [1.29, 1.82) is 0 Å². The van der Waals surface area contributed by atoms with E-state index in [0.29, 0.717) is 6.04 Å². The van der Waals surface area contributed by atoms with Gasteiger partial charge in [0.1, 0.15) is 0 Å². The summed E-state index contributed by atoms with van der Waals surface area (Å²) in [5.41, 5.74) is 11.4. The van der Waals surface area contributed by atoms with Gasteiger partial charge in [0.05, 0.1) is 10.6 Å². The largest absolute Gasteiger partial charge is 0.354 e. The van der Waals surface area contributed by atoms with Crippen molar-refractivity contribution in [3.05, 3.63) is 69.9 Å². The lowest BCUT2D eigenvalue weighted by atomic mass is 9.84. The highest BCUT2D eigenvalue weighted by atomic mass is 32.1. The summed E-state index contributed by atoms with van der Waals surface area (Å²) in [5, 5.41) is 9.09. The van der Waals surface area contributed by atoms with Gasteiger partial charge in [0.15, 0.2) is 0 Å². The van der Waals surface area contributed by atoms with E-state index in [-0.39, 0.29) is 0 Å². The SMILES string of the molecule is C=C1Nc2c(CC)cc(C)c(-c3ccc([C@@H](C)NC)cc3)c2-c2ccsc21. The van der Waals surface area contributed by atoms with Gasteiger partial charge in [0, 0.05) is 22.9 Å². The molecule has 2 nitrogen and oxygen atoms in total. The van der Waals surface area contributed by atoms with Crippen LogP contribution in [0.3, 0.4) is 0 Å². The molecule has 1 aliphatic heterocycles. The number of hydrogen-bond donors (Lipinski definition) is 2. The van der Waals surface area contributed by atoms with Crippen molar-refractivity contribution >= 4 is 22.7 Å². The highest BCUT2D eigenvalue weighted by Crippen LogP contribution is 2.49. The molecule has 0 amide bonds. The molecule has 2 aromatic carbocycles. The second kappa shape index (κ2) is 6.99. The maximum absolute atomic E-state index is 4.26. The molecule has 0 aliphatic carbocycles. The number of aryl methyl sites for hydroxylation is 2. The Morgan fingerprint density at radius 3 is 2.56 bits per heavy atom. The van der Waals surface area contributed by atoms with Gasteiger partial charge in [0.2, 0.25) is 0 Å². The van der Waals surface area contributed by atoms with Crippen molar-refractivity contribution in [3.63, 3.8) is 0 Å². The van der Waals surface area contributed by atoms with Crippen molar-refractivity contribution in [2.24, 2.45) is 0 Å². The van der Waals surface area contributed by atoms with Gasteiger partial charge < -0.3 is 10.6 Å². The fourth-order valence-electron chi connectivity index (χ4n) is 4.00. The highest BCUT2D eigenvalue weighted by Gasteiger charge is 2.26. The monoisotopic (exact) mass is 374 g/mol. The normalized spacial score (nSPS) is 13.7. The van der Waals surface area contributed by atoms with Gasteiger partial charge in [-0.15, -0.1) is 11.3 Å². The average Bonchev–Trinajstić information content (AvgIpc) is 3.18. The zero-order valence-electron chi connectivity index (χ0n) is 16.4. The van der Waals surface area contributed by atoms with Crippen LogP contribution in [0, 0.1) is 6.92 Å². The van der Waals surface area contributed by atoms with Crippen molar-refractivity contribution in [3.8, 4) is 22.3 Å². The van der Waals surface area contributed by atoms with Gasteiger partial charge in [-0.1, -0.05) is 43.8 Å². The lowest BCUT2D eigenvalue weighted by Crippen LogP contribution is -2.12. The molecule has 138 valence electrons. The lowest BCUT2D eigenvalue weighted by Gasteiger charge is -2.27. The molecule has 0 spiro atoms. The third kappa shape index (κ3) is 2.91. The van der Waals surface area contributed by atoms with Crippen molar-refractivity contribution in [1.82, 2.24) is 5.32 Å². The van der Waals surface area contributed by atoms with E-state index in [1.807, 2.05) is 7.05 Å².